The highest BCUT2D eigenvalue weighted by molar-refractivity contribution is 6.64. The number of carbonyl (C=O) groups excluding carboxylic acids is 2. The van der Waals surface area contributed by atoms with Crippen molar-refractivity contribution < 1.29 is 14.3 Å². The van der Waals surface area contributed by atoms with Crippen molar-refractivity contribution in [3.8, 4) is 11.1 Å². The number of aromatic nitrogens is 1. The fourth-order valence-corrected chi connectivity index (χ4v) is 4.25. The molecule has 0 bridgehead atoms. The fourth-order valence-electron chi connectivity index (χ4n) is 4.10. The van der Waals surface area contributed by atoms with Crippen LogP contribution in [0.4, 0.5) is 0 Å². The Balaban J connectivity index is 2.00. The predicted molar refractivity (Wildman–Crippen MR) is 132 cm³/mol. The van der Waals surface area contributed by atoms with Gasteiger partial charge in [0.2, 0.25) is 5.24 Å². The van der Waals surface area contributed by atoms with Crippen LogP contribution in [0.25, 0.3) is 11.1 Å². The van der Waals surface area contributed by atoms with Gasteiger partial charge in [-0.2, -0.15) is 0 Å². The second-order valence-electron chi connectivity index (χ2n) is 8.94. The minimum atomic E-state index is -0.453. The maximum absolute atomic E-state index is 13.3. The number of benzene rings is 1. The van der Waals surface area contributed by atoms with Crippen LogP contribution in [0.2, 0.25) is 0 Å². The van der Waals surface area contributed by atoms with Gasteiger partial charge < -0.3 is 10.5 Å². The summed E-state index contributed by atoms with van der Waals surface area (Å²) in [5.41, 5.74) is 12.7. The lowest BCUT2D eigenvalue weighted by molar-refractivity contribution is -0.113. The Morgan fingerprint density at radius 2 is 1.91 bits per heavy atom. The van der Waals surface area contributed by atoms with E-state index in [4.69, 9.17) is 27.1 Å². The second-order valence-corrected chi connectivity index (χ2v) is 9.31. The van der Waals surface area contributed by atoms with Crippen molar-refractivity contribution in [1.29, 1.82) is 0 Å². The molecule has 3 rings (SSSR count). The first-order chi connectivity index (χ1) is 15.7. The minimum absolute atomic E-state index is 0.0856. The summed E-state index contributed by atoms with van der Waals surface area (Å²) >= 11 is 5.64. The number of esters is 1. The standard InChI is InChI=1S/C27H31ClN2O3/c1-16(2)12-23-22(14-29)25(20-10-8-17(3)9-11-20)24(18(4)30-23)27(32)33-15-19-6-5-7-21(13-19)26(28)31/h5-11,16,21H,12-15,29H2,1-4H3. The maximum atomic E-state index is 13.3. The summed E-state index contributed by atoms with van der Waals surface area (Å²) in [6.45, 7) is 8.49. The molecule has 33 heavy (non-hydrogen) atoms. The Morgan fingerprint density at radius 3 is 2.52 bits per heavy atom. The zero-order valence-electron chi connectivity index (χ0n) is 19.7. The van der Waals surface area contributed by atoms with E-state index in [-0.39, 0.29) is 13.2 Å². The number of aryl methyl sites for hydroxylation is 2. The molecule has 1 atom stereocenters. The van der Waals surface area contributed by atoms with Crippen molar-refractivity contribution in [3.05, 3.63) is 76.1 Å². The molecule has 1 heterocycles. The molecule has 0 saturated heterocycles. The molecule has 1 aliphatic carbocycles. The van der Waals surface area contributed by atoms with Crippen LogP contribution in [-0.4, -0.2) is 22.8 Å². The number of ether oxygens (including phenoxy) is 1. The molecule has 1 aromatic carbocycles. The highest BCUT2D eigenvalue weighted by Gasteiger charge is 2.25. The van der Waals surface area contributed by atoms with Crippen LogP contribution in [0.1, 0.15) is 53.1 Å². The van der Waals surface area contributed by atoms with E-state index < -0.39 is 17.1 Å². The first kappa shape index (κ1) is 24.9. The molecule has 2 N–H and O–H groups in total. The first-order valence-corrected chi connectivity index (χ1v) is 11.6. The lowest BCUT2D eigenvalue weighted by atomic mass is 9.89. The molecule has 0 radical (unpaired) electrons. The lowest BCUT2D eigenvalue weighted by Gasteiger charge is -2.21. The van der Waals surface area contributed by atoms with Gasteiger partial charge in [-0.15, -0.1) is 0 Å². The number of nitrogens with two attached hydrogens (primary N) is 1. The number of pyridine rings is 1. The molecule has 0 saturated carbocycles. The molecule has 0 spiro atoms. The van der Waals surface area contributed by atoms with Crippen molar-refractivity contribution >= 4 is 22.8 Å². The molecule has 1 aliphatic rings. The summed E-state index contributed by atoms with van der Waals surface area (Å²) in [5, 5.41) is -0.418. The normalized spacial score (nSPS) is 15.5. The number of halogens is 1. The molecule has 5 nitrogen and oxygen atoms in total. The van der Waals surface area contributed by atoms with Gasteiger partial charge in [-0.05, 0) is 60.9 Å². The molecular formula is C27H31ClN2O3. The molecule has 0 amide bonds. The average molecular weight is 467 g/mol. The first-order valence-electron chi connectivity index (χ1n) is 11.2. The Hall–Kier alpha value is -2.76. The van der Waals surface area contributed by atoms with Crippen molar-refractivity contribution in [2.24, 2.45) is 17.6 Å². The molecule has 0 aliphatic heterocycles. The molecule has 6 heteroatoms. The third-order valence-electron chi connectivity index (χ3n) is 5.75. The zero-order chi connectivity index (χ0) is 24.1. The van der Waals surface area contributed by atoms with Crippen molar-refractivity contribution in [3.63, 3.8) is 0 Å². The smallest absolute Gasteiger partial charge is 0.340 e. The summed E-state index contributed by atoms with van der Waals surface area (Å²) in [7, 11) is 0. The lowest BCUT2D eigenvalue weighted by Crippen LogP contribution is -2.19. The number of rotatable bonds is 8. The quantitative estimate of drug-likeness (QED) is 0.413. The number of nitrogens with zero attached hydrogens (tertiary/aromatic N) is 1. The number of allylic oxidation sites excluding steroid dienone is 3. The van der Waals surface area contributed by atoms with Crippen LogP contribution in [0.5, 0.6) is 0 Å². The molecule has 2 aromatic rings. The van der Waals surface area contributed by atoms with Gasteiger partial charge in [0.15, 0.2) is 0 Å². The van der Waals surface area contributed by atoms with E-state index in [0.29, 0.717) is 23.6 Å². The van der Waals surface area contributed by atoms with Crippen LogP contribution in [-0.2, 0) is 22.5 Å². The van der Waals surface area contributed by atoms with Gasteiger partial charge >= 0.3 is 5.97 Å². The van der Waals surface area contributed by atoms with E-state index >= 15 is 0 Å². The van der Waals surface area contributed by atoms with Gasteiger partial charge in [-0.3, -0.25) is 9.78 Å². The molecule has 1 unspecified atom stereocenters. The fraction of sp³-hybridized carbons (Fsp3) is 0.370. The van der Waals surface area contributed by atoms with Crippen LogP contribution >= 0.6 is 11.6 Å². The van der Waals surface area contributed by atoms with Crippen molar-refractivity contribution in [2.75, 3.05) is 6.61 Å². The number of hydrogen-bond donors (Lipinski definition) is 1. The minimum Gasteiger partial charge on any atom is -0.457 e. The summed E-state index contributed by atoms with van der Waals surface area (Å²) in [4.78, 5) is 29.6. The van der Waals surface area contributed by atoms with Gasteiger partial charge in [0.25, 0.3) is 0 Å². The van der Waals surface area contributed by atoms with Crippen LogP contribution in [0.15, 0.2) is 48.1 Å². The SMILES string of the molecule is Cc1ccc(-c2c(CN)c(CC(C)C)nc(C)c2C(=O)OCC2=CC=CC(C(=O)Cl)C2)cc1. The Kier molecular flexibility index (Phi) is 8.22. The van der Waals surface area contributed by atoms with Gasteiger partial charge in [-0.25, -0.2) is 4.79 Å². The third kappa shape index (κ3) is 5.98. The predicted octanol–water partition coefficient (Wildman–Crippen LogP) is 5.45. The Morgan fingerprint density at radius 1 is 1.21 bits per heavy atom. The average Bonchev–Trinajstić information content (AvgIpc) is 2.77. The summed E-state index contributed by atoms with van der Waals surface area (Å²) in [6.07, 6.45) is 6.59. The van der Waals surface area contributed by atoms with Crippen molar-refractivity contribution in [2.45, 2.75) is 47.1 Å². The van der Waals surface area contributed by atoms with Crippen molar-refractivity contribution in [1.82, 2.24) is 4.98 Å². The zero-order valence-corrected chi connectivity index (χ0v) is 20.4. The van der Waals surface area contributed by atoms with Crippen LogP contribution in [0, 0.1) is 25.7 Å². The summed E-state index contributed by atoms with van der Waals surface area (Å²) in [6, 6.07) is 8.05. The van der Waals surface area contributed by atoms with Crippen LogP contribution in [0.3, 0.4) is 0 Å². The molecule has 174 valence electrons. The van der Waals surface area contributed by atoms with Gasteiger partial charge in [0.05, 0.1) is 17.2 Å². The van der Waals surface area contributed by atoms with Gasteiger partial charge in [0.1, 0.15) is 6.61 Å². The van der Waals surface area contributed by atoms with Gasteiger partial charge in [-0.1, -0.05) is 61.9 Å². The molecule has 1 aromatic heterocycles. The maximum Gasteiger partial charge on any atom is 0.340 e. The van der Waals surface area contributed by atoms with Crippen LogP contribution < -0.4 is 5.73 Å². The number of carbonyl (C=O) groups is 2. The summed E-state index contributed by atoms with van der Waals surface area (Å²) < 4.78 is 5.71. The van der Waals surface area contributed by atoms with E-state index in [0.717, 1.165) is 39.9 Å². The molecular weight excluding hydrogens is 436 g/mol. The third-order valence-corrected chi connectivity index (χ3v) is 6.03. The van der Waals surface area contributed by atoms with E-state index in [9.17, 15) is 9.59 Å². The highest BCUT2D eigenvalue weighted by Crippen LogP contribution is 2.33. The van der Waals surface area contributed by atoms with Gasteiger partial charge in [0, 0.05) is 17.8 Å². The van der Waals surface area contributed by atoms with E-state index in [1.54, 1.807) is 12.2 Å². The largest absolute Gasteiger partial charge is 0.457 e. The topological polar surface area (TPSA) is 82.3 Å². The van der Waals surface area contributed by atoms with E-state index in [2.05, 4.69) is 13.8 Å². The highest BCUT2D eigenvalue weighted by atomic mass is 35.5. The second kappa shape index (κ2) is 10.9. The number of hydrogen-bond acceptors (Lipinski definition) is 5. The Bertz CT molecular complexity index is 1100. The summed E-state index contributed by atoms with van der Waals surface area (Å²) in [5.74, 6) is -0.448. The van der Waals surface area contributed by atoms with E-state index in [1.165, 1.54) is 0 Å². The molecule has 0 fully saturated rings. The monoisotopic (exact) mass is 466 g/mol. The van der Waals surface area contributed by atoms with E-state index in [1.807, 2.05) is 44.2 Å². The Labute approximate surface area is 200 Å².